The monoisotopic (exact) mass is 722 g/mol. The van der Waals surface area contributed by atoms with Crippen molar-refractivity contribution in [3.63, 3.8) is 0 Å². The average Bonchev–Trinajstić information content (AvgIpc) is 3.17. The standard InChI is InChI=1S/C20H25N5O.C19H22ClN5O/c21-17-24-20(25-18-11-14-22-15-12-18)23-13-7-2-1-3-8-16-26-19-9-5-4-6-10-19;20-16-5-7-18(8-6-16)26-14-4-2-1-3-11-23-19(24-15-21)25-17-9-12-22-13-10-17/h4-6,9-12,14-15H,1-3,7-8,13,16H2,(H2,22,23,24,25);5-10,12-13H,1-4,11,14H2,(H2,22,23,24,25). The van der Waals surface area contributed by atoms with Crippen LogP contribution in [0.4, 0.5) is 11.4 Å². The number of guanidine groups is 2. The Bertz CT molecular complexity index is 1650. The first kappa shape index (κ1) is 40.6. The number of para-hydroxylation sites is 1. The molecule has 0 unspecified atom stereocenters. The molecule has 0 saturated heterocycles. The topological polar surface area (TPSA) is 165 Å². The van der Waals surface area contributed by atoms with E-state index in [2.05, 4.69) is 41.2 Å². The van der Waals surface area contributed by atoms with Gasteiger partial charge < -0.3 is 20.1 Å². The highest BCUT2D eigenvalue weighted by molar-refractivity contribution is 6.30. The lowest BCUT2D eigenvalue weighted by atomic mass is 10.1. The minimum atomic E-state index is 0.449. The van der Waals surface area contributed by atoms with Gasteiger partial charge in [0.25, 0.3) is 0 Å². The first-order valence-electron chi connectivity index (χ1n) is 17.5. The van der Waals surface area contributed by atoms with Crippen LogP contribution >= 0.6 is 11.6 Å². The van der Waals surface area contributed by atoms with E-state index in [1.807, 2.05) is 67.0 Å². The van der Waals surface area contributed by atoms with Crippen LogP contribution in [-0.2, 0) is 0 Å². The van der Waals surface area contributed by atoms with Gasteiger partial charge in [0.1, 0.15) is 11.5 Å². The summed E-state index contributed by atoms with van der Waals surface area (Å²) >= 11 is 5.84. The summed E-state index contributed by atoms with van der Waals surface area (Å²) in [7, 11) is 0. The Morgan fingerprint density at radius 3 is 1.44 bits per heavy atom. The van der Waals surface area contributed by atoms with Gasteiger partial charge in [-0.2, -0.15) is 10.5 Å². The Morgan fingerprint density at radius 1 is 0.558 bits per heavy atom. The van der Waals surface area contributed by atoms with Gasteiger partial charge in [-0.15, -0.1) is 0 Å². The van der Waals surface area contributed by atoms with Crippen molar-refractivity contribution in [2.45, 2.75) is 57.8 Å². The molecule has 13 heteroatoms. The molecule has 0 aliphatic carbocycles. The van der Waals surface area contributed by atoms with E-state index in [4.69, 9.17) is 31.6 Å². The molecule has 0 spiro atoms. The van der Waals surface area contributed by atoms with Crippen molar-refractivity contribution in [3.8, 4) is 23.9 Å². The maximum absolute atomic E-state index is 8.81. The van der Waals surface area contributed by atoms with Gasteiger partial charge >= 0.3 is 0 Å². The molecule has 4 rings (SSSR count). The fourth-order valence-corrected chi connectivity index (χ4v) is 4.73. The van der Waals surface area contributed by atoms with E-state index in [-0.39, 0.29) is 0 Å². The third-order valence-electron chi connectivity index (χ3n) is 7.23. The van der Waals surface area contributed by atoms with Gasteiger partial charge in [0.05, 0.1) is 24.6 Å². The van der Waals surface area contributed by atoms with Crippen molar-refractivity contribution < 1.29 is 9.47 Å². The zero-order valence-electron chi connectivity index (χ0n) is 29.4. The molecule has 52 heavy (non-hydrogen) atoms. The Balaban J connectivity index is 0.000000280. The number of nitrogens with zero attached hydrogens (tertiary/aromatic N) is 6. The number of ether oxygens (including phenoxy) is 2. The Labute approximate surface area is 312 Å². The summed E-state index contributed by atoms with van der Waals surface area (Å²) in [5.41, 5.74) is 1.49. The molecule has 4 aromatic rings. The second kappa shape index (κ2) is 26.9. The molecule has 0 saturated carbocycles. The van der Waals surface area contributed by atoms with Gasteiger partial charge in [0.2, 0.25) is 11.9 Å². The fourth-order valence-electron chi connectivity index (χ4n) is 4.60. The summed E-state index contributed by atoms with van der Waals surface area (Å²) in [4.78, 5) is 16.6. The van der Waals surface area contributed by atoms with Crippen LogP contribution < -0.4 is 30.7 Å². The first-order chi connectivity index (χ1) is 25.7. The maximum atomic E-state index is 8.81. The third-order valence-corrected chi connectivity index (χ3v) is 7.48. The molecule has 2 aromatic heterocycles. The van der Waals surface area contributed by atoms with Gasteiger partial charge in [-0.05, 0) is 86.3 Å². The number of aliphatic imine (C=N–C) groups is 2. The minimum absolute atomic E-state index is 0.449. The number of rotatable bonds is 19. The summed E-state index contributed by atoms with van der Waals surface area (Å²) in [5, 5.41) is 29.8. The molecule has 0 radical (unpaired) electrons. The van der Waals surface area contributed by atoms with Crippen molar-refractivity contribution in [1.82, 2.24) is 31.2 Å². The molecular formula is C39H47ClN10O2. The predicted octanol–water partition coefficient (Wildman–Crippen LogP) is 7.78. The number of nitriles is 2. The molecule has 12 nitrogen and oxygen atoms in total. The van der Waals surface area contributed by atoms with Crippen LogP contribution in [0, 0.1) is 22.9 Å². The molecule has 4 N–H and O–H groups in total. The van der Waals surface area contributed by atoms with E-state index in [9.17, 15) is 0 Å². The van der Waals surface area contributed by atoms with Crippen molar-refractivity contribution in [1.29, 1.82) is 10.5 Å². The average molecular weight is 723 g/mol. The van der Waals surface area contributed by atoms with Crippen LogP contribution in [0.2, 0.25) is 5.02 Å². The van der Waals surface area contributed by atoms with Gasteiger partial charge in [0.15, 0.2) is 12.4 Å². The van der Waals surface area contributed by atoms with E-state index in [1.54, 1.807) is 49.1 Å². The minimum Gasteiger partial charge on any atom is -0.494 e. The number of pyridine rings is 2. The summed E-state index contributed by atoms with van der Waals surface area (Å²) in [6.07, 6.45) is 20.2. The van der Waals surface area contributed by atoms with Crippen molar-refractivity contribution in [2.75, 3.05) is 26.3 Å². The Hall–Kier alpha value is -5.85. The SMILES string of the molecule is N#CNC(=Nc1ccncc1)NCCCCCCCOc1ccccc1.N#CNC(=Nc1ccncc1)NCCCCCCOc1ccc(Cl)cc1. The fraction of sp³-hybridized carbons (Fsp3) is 0.333. The number of hydrogen-bond acceptors (Lipinski definition) is 8. The first-order valence-corrected chi connectivity index (χ1v) is 17.9. The molecule has 2 heterocycles. The van der Waals surface area contributed by atoms with Crippen molar-refractivity contribution in [3.05, 3.63) is 109 Å². The predicted molar refractivity (Wildman–Crippen MR) is 207 cm³/mol. The quantitative estimate of drug-likeness (QED) is 0.0247. The normalized spacial score (nSPS) is 10.8. The number of aromatic nitrogens is 2. The molecule has 0 atom stereocenters. The zero-order chi connectivity index (χ0) is 36.7. The van der Waals surface area contributed by atoms with Gasteiger partial charge in [-0.1, -0.05) is 61.9 Å². The second-order valence-corrected chi connectivity index (χ2v) is 11.7. The highest BCUT2D eigenvalue weighted by Crippen LogP contribution is 2.16. The van der Waals surface area contributed by atoms with Crippen LogP contribution in [0.25, 0.3) is 0 Å². The smallest absolute Gasteiger partial charge is 0.209 e. The lowest BCUT2D eigenvalue weighted by Gasteiger charge is -2.08. The summed E-state index contributed by atoms with van der Waals surface area (Å²) in [6.45, 7) is 2.98. The molecule has 0 amide bonds. The Kier molecular flexibility index (Phi) is 21.0. The molecule has 2 aromatic carbocycles. The number of nitrogens with one attached hydrogen (secondary N) is 4. The van der Waals surface area contributed by atoms with E-state index >= 15 is 0 Å². The number of hydrogen-bond donors (Lipinski definition) is 4. The highest BCUT2D eigenvalue weighted by atomic mass is 35.5. The zero-order valence-corrected chi connectivity index (χ0v) is 30.1. The van der Waals surface area contributed by atoms with E-state index < -0.39 is 0 Å². The second-order valence-electron chi connectivity index (χ2n) is 11.3. The third kappa shape index (κ3) is 19.4. The number of unbranched alkanes of at least 4 members (excludes halogenated alkanes) is 7. The molecule has 0 bridgehead atoms. The molecule has 0 fully saturated rings. The van der Waals surface area contributed by atoms with Crippen LogP contribution in [0.3, 0.4) is 0 Å². The molecule has 0 aliphatic heterocycles. The van der Waals surface area contributed by atoms with Crippen LogP contribution in [0.1, 0.15) is 57.8 Å². The molecule has 272 valence electrons. The highest BCUT2D eigenvalue weighted by Gasteiger charge is 2.01. The van der Waals surface area contributed by atoms with Crippen LogP contribution in [0.5, 0.6) is 11.5 Å². The Morgan fingerprint density at radius 2 is 0.981 bits per heavy atom. The van der Waals surface area contributed by atoms with Gasteiger partial charge in [-0.3, -0.25) is 20.6 Å². The van der Waals surface area contributed by atoms with E-state index in [0.29, 0.717) is 23.5 Å². The van der Waals surface area contributed by atoms with Crippen LogP contribution in [-0.4, -0.2) is 48.2 Å². The lowest BCUT2D eigenvalue weighted by Crippen LogP contribution is -2.34. The van der Waals surface area contributed by atoms with Crippen molar-refractivity contribution in [2.24, 2.45) is 9.98 Å². The van der Waals surface area contributed by atoms with Crippen molar-refractivity contribution >= 4 is 34.9 Å². The molecular weight excluding hydrogens is 676 g/mol. The summed E-state index contributed by atoms with van der Waals surface area (Å²) in [5.74, 6) is 2.69. The largest absolute Gasteiger partial charge is 0.494 e. The van der Waals surface area contributed by atoms with Crippen LogP contribution in [0.15, 0.2) is 114 Å². The maximum Gasteiger partial charge on any atom is 0.209 e. The summed E-state index contributed by atoms with van der Waals surface area (Å²) in [6, 6.07) is 24.4. The van der Waals surface area contributed by atoms with E-state index in [1.165, 1.54) is 6.42 Å². The lowest BCUT2D eigenvalue weighted by molar-refractivity contribution is 0.304. The molecule has 0 aliphatic rings. The number of benzene rings is 2. The van der Waals surface area contributed by atoms with Gasteiger partial charge in [0, 0.05) is 42.9 Å². The van der Waals surface area contributed by atoms with E-state index in [0.717, 1.165) is 93.9 Å². The summed E-state index contributed by atoms with van der Waals surface area (Å²) < 4.78 is 11.3. The van der Waals surface area contributed by atoms with Gasteiger partial charge in [-0.25, -0.2) is 9.98 Å². The number of halogens is 1.